The summed E-state index contributed by atoms with van der Waals surface area (Å²) in [6, 6.07) is 9.87. The van der Waals surface area contributed by atoms with Gasteiger partial charge in [0, 0.05) is 28.2 Å². The van der Waals surface area contributed by atoms with Crippen LogP contribution < -0.4 is 4.74 Å². The molecule has 5 rings (SSSR count). The Morgan fingerprint density at radius 3 is 2.55 bits per heavy atom. The van der Waals surface area contributed by atoms with Gasteiger partial charge in [-0.15, -0.1) is 6.58 Å². The smallest absolute Gasteiger partial charge is 0.355 e. The molecule has 10 heteroatoms. The van der Waals surface area contributed by atoms with E-state index in [1.165, 1.54) is 17.1 Å². The lowest BCUT2D eigenvalue weighted by atomic mass is 9.74. The third kappa shape index (κ3) is 4.72. The molecule has 2 heterocycles. The van der Waals surface area contributed by atoms with Crippen molar-refractivity contribution in [2.24, 2.45) is 17.8 Å². The number of carbonyl (C=O) groups excluding carboxylic acids is 4. The van der Waals surface area contributed by atoms with Crippen LogP contribution in [-0.2, 0) is 35.5 Å². The first-order valence-corrected chi connectivity index (χ1v) is 13.6. The second-order valence-corrected chi connectivity index (χ2v) is 10.4. The molecule has 3 unspecified atom stereocenters. The minimum atomic E-state index is -0.833. The normalized spacial score (nSPS) is 20.7. The number of fused-ring (bicyclic) bond motifs is 4. The highest BCUT2D eigenvalue weighted by molar-refractivity contribution is 6.22. The van der Waals surface area contributed by atoms with Crippen molar-refractivity contribution in [1.29, 1.82) is 0 Å². The van der Waals surface area contributed by atoms with Crippen LogP contribution in [-0.4, -0.2) is 59.5 Å². The second kappa shape index (κ2) is 11.8. The summed E-state index contributed by atoms with van der Waals surface area (Å²) in [6.07, 6.45) is 2.85. The number of aliphatic hydroxyl groups is 1. The van der Waals surface area contributed by atoms with E-state index in [-0.39, 0.29) is 43.8 Å². The quantitative estimate of drug-likeness (QED) is 0.0864. The molecule has 0 saturated carbocycles. The summed E-state index contributed by atoms with van der Waals surface area (Å²) in [5.74, 6) is -3.47. The van der Waals surface area contributed by atoms with E-state index in [4.69, 9.17) is 19.2 Å². The maximum absolute atomic E-state index is 13.4. The number of aliphatic hydroxyl groups excluding tert-OH is 1. The van der Waals surface area contributed by atoms with E-state index in [0.29, 0.717) is 39.1 Å². The molecule has 218 valence electrons. The average molecular weight is 574 g/mol. The Kier molecular flexibility index (Phi) is 8.11. The lowest BCUT2D eigenvalue weighted by molar-refractivity contribution is -0.271. The summed E-state index contributed by atoms with van der Waals surface area (Å²) >= 11 is 0. The van der Waals surface area contributed by atoms with Gasteiger partial charge in [0.1, 0.15) is 31.3 Å². The van der Waals surface area contributed by atoms with Gasteiger partial charge in [0.05, 0.1) is 24.5 Å². The number of β-lactam (4-membered cyclic amide) rings is 1. The zero-order valence-corrected chi connectivity index (χ0v) is 23.3. The number of esters is 1. The molecule has 2 aromatic rings. The van der Waals surface area contributed by atoms with Gasteiger partial charge in [0.15, 0.2) is 5.78 Å². The highest BCUT2D eigenvalue weighted by atomic mass is 17.2. The first-order chi connectivity index (χ1) is 20.2. The number of hydrogen-bond donors (Lipinski definition) is 1. The van der Waals surface area contributed by atoms with Crippen LogP contribution in [0.2, 0.25) is 0 Å². The Hall–Kier alpha value is -4.54. The topological polar surface area (TPSA) is 129 Å². The van der Waals surface area contributed by atoms with Crippen LogP contribution in [0.25, 0.3) is 11.1 Å². The maximum atomic E-state index is 13.4. The molecule has 1 aliphatic carbocycles. The van der Waals surface area contributed by atoms with Crippen LogP contribution in [0.5, 0.6) is 5.75 Å². The molecular weight excluding hydrogens is 542 g/mol. The third-order valence-electron chi connectivity index (χ3n) is 7.99. The van der Waals surface area contributed by atoms with Crippen LogP contribution >= 0.6 is 0 Å². The van der Waals surface area contributed by atoms with E-state index in [0.717, 1.165) is 0 Å². The molecule has 1 saturated heterocycles. The summed E-state index contributed by atoms with van der Waals surface area (Å²) in [6.45, 7) is 10.2. The van der Waals surface area contributed by atoms with Crippen LogP contribution in [0.4, 0.5) is 0 Å². The Bertz CT molecular complexity index is 1520. The number of ether oxygens (including phenoxy) is 2. The molecule has 2 aromatic carbocycles. The number of ketones is 1. The molecule has 1 fully saturated rings. The molecule has 2 aliphatic heterocycles. The number of hydrogen-bond acceptors (Lipinski definition) is 9. The number of carbonyl (C=O) groups is 4. The third-order valence-corrected chi connectivity index (χ3v) is 7.99. The lowest BCUT2D eigenvalue weighted by Gasteiger charge is -2.47. The van der Waals surface area contributed by atoms with Crippen LogP contribution in [0.1, 0.15) is 35.3 Å². The zero-order chi connectivity index (χ0) is 30.1. The Labute approximate surface area is 242 Å². The van der Waals surface area contributed by atoms with Gasteiger partial charge in [-0.05, 0) is 23.3 Å². The molecule has 1 amide bonds. The molecule has 0 bridgehead atoms. The molecular formula is C32H31NO9. The average Bonchev–Trinajstić information content (AvgIpc) is 3.42. The largest absolute Gasteiger partial charge is 0.488 e. The minimum absolute atomic E-state index is 0.00716. The molecule has 1 N–H and O–H groups in total. The number of nitrogens with zero attached hydrogens (tertiary/aromatic N) is 1. The van der Waals surface area contributed by atoms with Crippen molar-refractivity contribution in [2.45, 2.75) is 26.5 Å². The van der Waals surface area contributed by atoms with Crippen molar-refractivity contribution in [3.05, 3.63) is 89.7 Å². The number of amides is 1. The molecule has 10 nitrogen and oxygen atoms in total. The summed E-state index contributed by atoms with van der Waals surface area (Å²) in [5.41, 5.74) is 3.50. The highest BCUT2D eigenvalue weighted by Crippen LogP contribution is 2.50. The van der Waals surface area contributed by atoms with Gasteiger partial charge in [-0.25, -0.2) is 9.59 Å². The van der Waals surface area contributed by atoms with Gasteiger partial charge in [-0.1, -0.05) is 56.8 Å². The standard InChI is InChI=1S/C32H31NO9/c1-5-12-39-32(38)28-23(17(3)27-25(30(36)33(27)28)18(4)31(37)42-41-13-6-2)16-40-24-9-7-8-21-26(24)20-11-10-19(15-34)14-22(20)29(21)35/h5-11,14,17-18,25,27,34H,1-2,12-13,15-16H2,3-4H3/t17-,18?,25?,27?/m0/s1. The van der Waals surface area contributed by atoms with Crippen molar-refractivity contribution in [2.75, 3.05) is 19.8 Å². The fraction of sp³-hybridized carbons (Fsp3) is 0.312. The van der Waals surface area contributed by atoms with Gasteiger partial charge < -0.3 is 19.5 Å². The monoisotopic (exact) mass is 573 g/mol. The first kappa shape index (κ1) is 29.0. The fourth-order valence-electron chi connectivity index (χ4n) is 5.92. The Morgan fingerprint density at radius 1 is 1.07 bits per heavy atom. The van der Waals surface area contributed by atoms with E-state index in [9.17, 15) is 24.3 Å². The van der Waals surface area contributed by atoms with E-state index >= 15 is 0 Å². The Balaban J connectivity index is 1.44. The predicted octanol–water partition coefficient (Wildman–Crippen LogP) is 3.53. The van der Waals surface area contributed by atoms with Crippen LogP contribution in [0.3, 0.4) is 0 Å². The lowest BCUT2D eigenvalue weighted by Crippen LogP contribution is -2.63. The molecule has 4 atom stereocenters. The SMILES string of the molecule is C=CCOOC(=O)C(C)C1C(=O)N2C(C(=O)OCC=C)=C(COc3cccc4c3-c3ccc(CO)cc3C4=O)[C@H](C)C12. The summed E-state index contributed by atoms with van der Waals surface area (Å²) in [4.78, 5) is 63.2. The Morgan fingerprint density at radius 2 is 1.83 bits per heavy atom. The first-order valence-electron chi connectivity index (χ1n) is 13.6. The van der Waals surface area contributed by atoms with Crippen molar-refractivity contribution in [3.8, 4) is 16.9 Å². The van der Waals surface area contributed by atoms with E-state index in [1.807, 2.05) is 6.92 Å². The van der Waals surface area contributed by atoms with E-state index in [2.05, 4.69) is 13.2 Å². The maximum Gasteiger partial charge on any atom is 0.355 e. The molecule has 0 aromatic heterocycles. The highest BCUT2D eigenvalue weighted by Gasteiger charge is 2.61. The van der Waals surface area contributed by atoms with Crippen molar-refractivity contribution in [1.82, 2.24) is 4.90 Å². The fourth-order valence-corrected chi connectivity index (χ4v) is 5.92. The van der Waals surface area contributed by atoms with Gasteiger partial charge in [-0.2, -0.15) is 4.89 Å². The molecule has 0 spiro atoms. The van der Waals surface area contributed by atoms with E-state index < -0.39 is 35.7 Å². The zero-order valence-electron chi connectivity index (χ0n) is 23.3. The molecule has 42 heavy (non-hydrogen) atoms. The van der Waals surface area contributed by atoms with Gasteiger partial charge in [0.25, 0.3) is 0 Å². The molecule has 3 aliphatic rings. The molecule has 0 radical (unpaired) electrons. The summed E-state index contributed by atoms with van der Waals surface area (Å²) in [7, 11) is 0. The van der Waals surface area contributed by atoms with Crippen LogP contribution in [0, 0.1) is 17.8 Å². The minimum Gasteiger partial charge on any atom is -0.488 e. The number of benzene rings is 2. The van der Waals surface area contributed by atoms with E-state index in [1.54, 1.807) is 43.3 Å². The van der Waals surface area contributed by atoms with Gasteiger partial charge >= 0.3 is 11.9 Å². The number of rotatable bonds is 12. The van der Waals surface area contributed by atoms with Gasteiger partial charge in [0.2, 0.25) is 5.91 Å². The summed E-state index contributed by atoms with van der Waals surface area (Å²) < 4.78 is 11.6. The predicted molar refractivity (Wildman–Crippen MR) is 150 cm³/mol. The van der Waals surface area contributed by atoms with Gasteiger partial charge in [-0.3, -0.25) is 14.5 Å². The van der Waals surface area contributed by atoms with Crippen molar-refractivity contribution in [3.63, 3.8) is 0 Å². The van der Waals surface area contributed by atoms with Crippen molar-refractivity contribution < 1.29 is 43.5 Å². The summed E-state index contributed by atoms with van der Waals surface area (Å²) in [5, 5.41) is 9.53. The van der Waals surface area contributed by atoms with Crippen LogP contribution in [0.15, 0.2) is 73.0 Å². The second-order valence-electron chi connectivity index (χ2n) is 10.4. The van der Waals surface area contributed by atoms with Crippen molar-refractivity contribution >= 4 is 23.6 Å².